The Balaban J connectivity index is 1.74. The smallest absolute Gasteiger partial charge is 0.338 e. The Labute approximate surface area is 290 Å². The molecular weight excluding hydrogens is 661 g/mol. The zero-order chi connectivity index (χ0) is 36.1. The lowest BCUT2D eigenvalue weighted by Crippen LogP contribution is -2.31. The highest BCUT2D eigenvalue weighted by Gasteiger charge is 2.27. The van der Waals surface area contributed by atoms with Gasteiger partial charge in [0.1, 0.15) is 11.5 Å². The van der Waals surface area contributed by atoms with Crippen LogP contribution in [0.5, 0.6) is 11.5 Å². The summed E-state index contributed by atoms with van der Waals surface area (Å²) in [5.74, 6) is 0.410. The van der Waals surface area contributed by atoms with Crippen molar-refractivity contribution in [2.75, 3.05) is 38.8 Å². The molecule has 0 aliphatic rings. The van der Waals surface area contributed by atoms with E-state index in [1.165, 1.54) is 25.3 Å². The first-order valence-electron chi connectivity index (χ1n) is 15.9. The Kier molecular flexibility index (Phi) is 11.8. The number of benzene rings is 3. The van der Waals surface area contributed by atoms with Gasteiger partial charge in [-0.3, -0.25) is 4.79 Å². The molecular formula is C37H46N2O8SSi. The number of ether oxygens (including phenoxy) is 4. The highest BCUT2D eigenvalue weighted by molar-refractivity contribution is 7.90. The highest BCUT2D eigenvalue weighted by atomic mass is 32.2. The summed E-state index contributed by atoms with van der Waals surface area (Å²) in [6.45, 7) is 11.7. The Hall–Kier alpha value is -4.39. The van der Waals surface area contributed by atoms with Crippen molar-refractivity contribution in [3.63, 3.8) is 0 Å². The number of nitrogens with zero attached hydrogens (tertiary/aromatic N) is 2. The van der Waals surface area contributed by atoms with Crippen LogP contribution in [-0.4, -0.2) is 66.8 Å². The molecule has 49 heavy (non-hydrogen) atoms. The number of carbonyl (C=O) groups is 2. The van der Waals surface area contributed by atoms with Gasteiger partial charge in [0, 0.05) is 50.6 Å². The van der Waals surface area contributed by atoms with Crippen LogP contribution < -0.4 is 14.4 Å². The van der Waals surface area contributed by atoms with Crippen molar-refractivity contribution >= 4 is 35.5 Å². The lowest BCUT2D eigenvalue weighted by molar-refractivity contribution is 0.0220. The van der Waals surface area contributed by atoms with Crippen molar-refractivity contribution in [1.29, 1.82) is 0 Å². The van der Waals surface area contributed by atoms with Gasteiger partial charge in [0.2, 0.25) is 0 Å². The van der Waals surface area contributed by atoms with E-state index < -0.39 is 23.9 Å². The topological polar surface area (TPSA) is 113 Å². The third-order valence-corrected chi connectivity index (χ3v) is 11.3. The van der Waals surface area contributed by atoms with E-state index in [2.05, 4.69) is 19.6 Å². The fourth-order valence-corrected chi connectivity index (χ4v) is 6.75. The van der Waals surface area contributed by atoms with Crippen molar-refractivity contribution in [1.82, 2.24) is 4.57 Å². The van der Waals surface area contributed by atoms with Crippen LogP contribution in [0.1, 0.15) is 37.5 Å². The Morgan fingerprint density at radius 1 is 0.918 bits per heavy atom. The van der Waals surface area contributed by atoms with Crippen LogP contribution in [0.3, 0.4) is 0 Å². The van der Waals surface area contributed by atoms with Crippen LogP contribution in [0.25, 0.3) is 11.3 Å². The molecule has 0 aliphatic heterocycles. The summed E-state index contributed by atoms with van der Waals surface area (Å²) in [6.07, 6.45) is 1.10. The molecule has 0 saturated heterocycles. The lowest BCUT2D eigenvalue weighted by atomic mass is 10.0. The molecule has 0 N–H and O–H groups in total. The standard InChI is InChI=1S/C37H46N2O8SSi/c1-25-27(11-10-12-35(25)44-4)23-39(28-13-15-29(16-14-28)47-24-46-19-20-49(7,8)9)36(40)32-22-34(38(3)26(32)2)33-21-30(48(6,42)43)17-18-31(33)37(41)45-5/h10-18,21-22H,19-20,23-24H2,1-9H3. The minimum Gasteiger partial charge on any atom is -0.496 e. The zero-order valence-corrected chi connectivity index (χ0v) is 31.6. The molecule has 0 fully saturated rings. The molecule has 4 aromatic rings. The third kappa shape index (κ3) is 9.00. The Morgan fingerprint density at radius 3 is 2.22 bits per heavy atom. The van der Waals surface area contributed by atoms with Gasteiger partial charge in [-0.1, -0.05) is 31.8 Å². The number of carbonyl (C=O) groups excluding carboxylic acids is 2. The molecule has 262 valence electrons. The summed E-state index contributed by atoms with van der Waals surface area (Å²) in [5.41, 5.74) is 4.45. The van der Waals surface area contributed by atoms with Gasteiger partial charge in [0.25, 0.3) is 5.91 Å². The van der Waals surface area contributed by atoms with E-state index in [4.69, 9.17) is 18.9 Å². The van der Waals surface area contributed by atoms with Gasteiger partial charge in [-0.2, -0.15) is 0 Å². The van der Waals surface area contributed by atoms with Gasteiger partial charge in [-0.15, -0.1) is 0 Å². The number of aromatic nitrogens is 1. The summed E-state index contributed by atoms with van der Waals surface area (Å²) in [6, 6.07) is 20.0. The van der Waals surface area contributed by atoms with Crippen LogP contribution in [-0.2, 0) is 32.9 Å². The van der Waals surface area contributed by atoms with E-state index in [1.54, 1.807) is 41.8 Å². The molecule has 1 heterocycles. The van der Waals surface area contributed by atoms with E-state index >= 15 is 0 Å². The maximum absolute atomic E-state index is 14.6. The van der Waals surface area contributed by atoms with Gasteiger partial charge in [-0.05, 0) is 85.6 Å². The molecule has 0 spiro atoms. The SMILES string of the molecule is COC(=O)c1ccc(S(C)(=O)=O)cc1-c1cc(C(=O)N(Cc2cccc(OC)c2C)c2ccc(OCOCC[Si](C)(C)C)cc2)c(C)n1C. The summed E-state index contributed by atoms with van der Waals surface area (Å²) in [7, 11) is -0.157. The third-order valence-electron chi connectivity index (χ3n) is 8.51. The molecule has 0 unspecified atom stereocenters. The number of esters is 1. The maximum Gasteiger partial charge on any atom is 0.338 e. The van der Waals surface area contributed by atoms with Crippen molar-refractivity contribution in [2.45, 2.75) is 51.0 Å². The Morgan fingerprint density at radius 2 is 1.61 bits per heavy atom. The second kappa shape index (κ2) is 15.4. The molecule has 1 aromatic heterocycles. The number of hydrogen-bond acceptors (Lipinski definition) is 8. The number of rotatable bonds is 14. The molecule has 0 saturated carbocycles. The van der Waals surface area contributed by atoms with Crippen molar-refractivity contribution < 1.29 is 37.0 Å². The summed E-state index contributed by atoms with van der Waals surface area (Å²) in [5, 5.41) is 0. The fourth-order valence-electron chi connectivity index (χ4n) is 5.35. The quantitative estimate of drug-likeness (QED) is 0.0594. The Bertz CT molecular complexity index is 1930. The first kappa shape index (κ1) is 37.4. The van der Waals surface area contributed by atoms with E-state index in [0.717, 1.165) is 23.4 Å². The molecule has 1 amide bonds. The van der Waals surface area contributed by atoms with Gasteiger partial charge >= 0.3 is 5.97 Å². The largest absolute Gasteiger partial charge is 0.496 e. The van der Waals surface area contributed by atoms with Gasteiger partial charge < -0.3 is 28.4 Å². The fraction of sp³-hybridized carbons (Fsp3) is 0.351. The van der Waals surface area contributed by atoms with E-state index in [9.17, 15) is 18.0 Å². The number of hydrogen-bond donors (Lipinski definition) is 0. The average molecular weight is 707 g/mol. The van der Waals surface area contributed by atoms with Crippen LogP contribution in [0, 0.1) is 13.8 Å². The molecule has 10 nitrogen and oxygen atoms in total. The van der Waals surface area contributed by atoms with Crippen molar-refractivity contribution in [2.24, 2.45) is 7.05 Å². The maximum atomic E-state index is 14.6. The molecule has 0 atom stereocenters. The number of anilines is 1. The normalized spacial score (nSPS) is 11.7. The molecule has 4 rings (SSSR count). The first-order chi connectivity index (χ1) is 23.1. The van der Waals surface area contributed by atoms with Crippen LogP contribution in [0.2, 0.25) is 25.7 Å². The molecule has 12 heteroatoms. The van der Waals surface area contributed by atoms with E-state index in [-0.39, 0.29) is 29.7 Å². The summed E-state index contributed by atoms with van der Waals surface area (Å²) in [4.78, 5) is 29.1. The van der Waals surface area contributed by atoms with Crippen LogP contribution in [0.4, 0.5) is 5.69 Å². The minimum atomic E-state index is -3.59. The number of sulfone groups is 1. The molecule has 0 bridgehead atoms. The minimum absolute atomic E-state index is 0.0424. The first-order valence-corrected chi connectivity index (χ1v) is 21.5. The number of methoxy groups -OCH3 is 2. The average Bonchev–Trinajstić information content (AvgIpc) is 3.35. The van der Waals surface area contributed by atoms with Crippen LogP contribution >= 0.6 is 0 Å². The van der Waals surface area contributed by atoms with Gasteiger partial charge in [-0.25, -0.2) is 13.2 Å². The molecule has 3 aromatic carbocycles. The van der Waals surface area contributed by atoms with E-state index in [0.29, 0.717) is 46.3 Å². The van der Waals surface area contributed by atoms with E-state index in [1.807, 2.05) is 44.2 Å². The van der Waals surface area contributed by atoms with Gasteiger partial charge in [0.15, 0.2) is 16.6 Å². The van der Waals surface area contributed by atoms with Crippen molar-refractivity contribution in [3.8, 4) is 22.8 Å². The van der Waals surface area contributed by atoms with Crippen LogP contribution in [0.15, 0.2) is 71.6 Å². The number of amides is 1. The predicted octanol–water partition coefficient (Wildman–Crippen LogP) is 7.05. The zero-order valence-electron chi connectivity index (χ0n) is 29.7. The van der Waals surface area contributed by atoms with Crippen molar-refractivity contribution in [3.05, 3.63) is 94.7 Å². The molecule has 0 aliphatic carbocycles. The lowest BCUT2D eigenvalue weighted by Gasteiger charge is -2.25. The summed E-state index contributed by atoms with van der Waals surface area (Å²) < 4.78 is 48.8. The summed E-state index contributed by atoms with van der Waals surface area (Å²) >= 11 is 0. The predicted molar refractivity (Wildman–Crippen MR) is 194 cm³/mol. The highest BCUT2D eigenvalue weighted by Crippen LogP contribution is 2.33. The second-order valence-electron chi connectivity index (χ2n) is 13.2. The van der Waals surface area contributed by atoms with Gasteiger partial charge in [0.05, 0.1) is 36.8 Å². The monoisotopic (exact) mass is 706 g/mol. The second-order valence-corrected chi connectivity index (χ2v) is 20.8. The molecule has 0 radical (unpaired) electrons.